The first kappa shape index (κ1) is 12.2. The molecule has 1 amide bonds. The average Bonchev–Trinajstić information content (AvgIpc) is 3.10. The number of hydrogen-bond acceptors (Lipinski definition) is 3. The van der Waals surface area contributed by atoms with Gasteiger partial charge in [0.15, 0.2) is 5.82 Å². The minimum atomic E-state index is -0.161. The van der Waals surface area contributed by atoms with Gasteiger partial charge in [-0.25, -0.2) is 9.67 Å². The van der Waals surface area contributed by atoms with E-state index in [0.717, 1.165) is 0 Å². The van der Waals surface area contributed by atoms with E-state index < -0.39 is 0 Å². The predicted octanol–water partition coefficient (Wildman–Crippen LogP) is 1.86. The number of pyridine rings is 1. The SMILES string of the molecule is Cn1cccc1C(=O)Nc1ccc(-n2cccn2)nc1. The van der Waals surface area contributed by atoms with E-state index in [9.17, 15) is 4.79 Å². The van der Waals surface area contributed by atoms with Gasteiger partial charge in [0.1, 0.15) is 5.69 Å². The summed E-state index contributed by atoms with van der Waals surface area (Å²) < 4.78 is 3.42. The molecule has 3 aromatic heterocycles. The zero-order valence-electron chi connectivity index (χ0n) is 10.9. The smallest absolute Gasteiger partial charge is 0.272 e. The van der Waals surface area contributed by atoms with Gasteiger partial charge in [-0.15, -0.1) is 0 Å². The standard InChI is InChI=1S/C14H13N5O/c1-18-8-2-4-12(18)14(20)17-11-5-6-13(15-10-11)19-9-3-7-16-19/h2-10H,1H3,(H,17,20). The summed E-state index contributed by atoms with van der Waals surface area (Å²) in [5.74, 6) is 0.540. The Morgan fingerprint density at radius 2 is 2.10 bits per heavy atom. The van der Waals surface area contributed by atoms with Crippen LogP contribution in [0.15, 0.2) is 55.1 Å². The van der Waals surface area contributed by atoms with Gasteiger partial charge in [0.05, 0.1) is 11.9 Å². The molecule has 0 aromatic carbocycles. The Morgan fingerprint density at radius 3 is 2.70 bits per heavy atom. The average molecular weight is 267 g/mol. The first-order chi connectivity index (χ1) is 9.74. The van der Waals surface area contributed by atoms with Gasteiger partial charge in [0.2, 0.25) is 0 Å². The van der Waals surface area contributed by atoms with Gasteiger partial charge in [-0.2, -0.15) is 5.10 Å². The van der Waals surface area contributed by atoms with E-state index >= 15 is 0 Å². The van der Waals surface area contributed by atoms with Crippen LogP contribution in [0.3, 0.4) is 0 Å². The van der Waals surface area contributed by atoms with Crippen LogP contribution in [0, 0.1) is 0 Å². The van der Waals surface area contributed by atoms with Gasteiger partial charge < -0.3 is 9.88 Å². The third-order valence-corrected chi connectivity index (χ3v) is 2.92. The molecule has 3 aromatic rings. The molecule has 0 aliphatic rings. The summed E-state index contributed by atoms with van der Waals surface area (Å²) >= 11 is 0. The van der Waals surface area contributed by atoms with E-state index in [-0.39, 0.29) is 5.91 Å². The van der Waals surface area contributed by atoms with Crippen LogP contribution >= 0.6 is 0 Å². The molecule has 3 rings (SSSR count). The van der Waals surface area contributed by atoms with Gasteiger partial charge in [0, 0.05) is 25.6 Å². The Morgan fingerprint density at radius 1 is 1.20 bits per heavy atom. The number of rotatable bonds is 3. The van der Waals surface area contributed by atoms with E-state index in [1.54, 1.807) is 39.8 Å². The number of hydrogen-bond donors (Lipinski definition) is 1. The van der Waals surface area contributed by atoms with Crippen molar-refractivity contribution in [3.63, 3.8) is 0 Å². The number of carbonyl (C=O) groups is 1. The van der Waals surface area contributed by atoms with Crippen molar-refractivity contribution in [1.82, 2.24) is 19.3 Å². The molecule has 0 spiro atoms. The lowest BCUT2D eigenvalue weighted by Crippen LogP contribution is -2.15. The Hall–Kier alpha value is -2.89. The fraction of sp³-hybridized carbons (Fsp3) is 0.0714. The number of anilines is 1. The number of carbonyl (C=O) groups excluding carboxylic acids is 1. The number of nitrogens with one attached hydrogen (secondary N) is 1. The zero-order valence-corrected chi connectivity index (χ0v) is 10.9. The topological polar surface area (TPSA) is 64.7 Å². The molecule has 0 fully saturated rings. The first-order valence-electron chi connectivity index (χ1n) is 6.13. The zero-order chi connectivity index (χ0) is 13.9. The Kier molecular flexibility index (Phi) is 3.04. The molecule has 0 aliphatic heterocycles. The Labute approximate surface area is 115 Å². The summed E-state index contributed by atoms with van der Waals surface area (Å²) in [5, 5.41) is 6.90. The minimum absolute atomic E-state index is 0.161. The second kappa shape index (κ2) is 5.00. The lowest BCUT2D eigenvalue weighted by Gasteiger charge is -2.06. The van der Waals surface area contributed by atoms with Crippen LogP contribution in [0.5, 0.6) is 0 Å². The van der Waals surface area contributed by atoms with Crippen molar-refractivity contribution in [2.45, 2.75) is 0 Å². The van der Waals surface area contributed by atoms with Crippen molar-refractivity contribution >= 4 is 11.6 Å². The summed E-state index contributed by atoms with van der Waals surface area (Å²) in [5.41, 5.74) is 1.24. The van der Waals surface area contributed by atoms with E-state index in [2.05, 4.69) is 15.4 Å². The van der Waals surface area contributed by atoms with Gasteiger partial charge >= 0.3 is 0 Å². The lowest BCUT2D eigenvalue weighted by atomic mass is 10.3. The summed E-state index contributed by atoms with van der Waals surface area (Å²) in [7, 11) is 1.83. The van der Waals surface area contributed by atoms with E-state index in [4.69, 9.17) is 0 Å². The van der Waals surface area contributed by atoms with Gasteiger partial charge in [-0.3, -0.25) is 4.79 Å². The Bertz CT molecular complexity index is 712. The highest BCUT2D eigenvalue weighted by Gasteiger charge is 2.09. The largest absolute Gasteiger partial charge is 0.347 e. The molecule has 6 heteroatoms. The monoisotopic (exact) mass is 267 g/mol. The molecule has 0 saturated carbocycles. The van der Waals surface area contributed by atoms with Crippen molar-refractivity contribution < 1.29 is 4.79 Å². The fourth-order valence-electron chi connectivity index (χ4n) is 1.89. The van der Waals surface area contributed by atoms with Gasteiger partial charge in [-0.05, 0) is 30.3 Å². The van der Waals surface area contributed by atoms with E-state index in [0.29, 0.717) is 17.2 Å². The van der Waals surface area contributed by atoms with Gasteiger partial charge in [0.25, 0.3) is 5.91 Å². The van der Waals surface area contributed by atoms with Crippen LogP contribution in [-0.2, 0) is 7.05 Å². The molecular weight excluding hydrogens is 254 g/mol. The summed E-state index contributed by atoms with van der Waals surface area (Å²) in [6.45, 7) is 0. The van der Waals surface area contributed by atoms with Crippen LogP contribution < -0.4 is 5.32 Å². The molecule has 0 atom stereocenters. The van der Waals surface area contributed by atoms with Crippen molar-refractivity contribution in [2.24, 2.45) is 7.05 Å². The number of amides is 1. The highest BCUT2D eigenvalue weighted by atomic mass is 16.1. The Balaban J connectivity index is 1.76. The molecule has 20 heavy (non-hydrogen) atoms. The maximum Gasteiger partial charge on any atom is 0.272 e. The third kappa shape index (κ3) is 2.31. The second-order valence-electron chi connectivity index (χ2n) is 4.31. The van der Waals surface area contributed by atoms with E-state index in [1.807, 2.05) is 31.6 Å². The number of aryl methyl sites for hydroxylation is 1. The first-order valence-corrected chi connectivity index (χ1v) is 6.13. The van der Waals surface area contributed by atoms with Crippen molar-refractivity contribution in [2.75, 3.05) is 5.32 Å². The molecule has 0 radical (unpaired) electrons. The molecule has 3 heterocycles. The van der Waals surface area contributed by atoms with Crippen LogP contribution in [0.4, 0.5) is 5.69 Å². The third-order valence-electron chi connectivity index (χ3n) is 2.92. The quantitative estimate of drug-likeness (QED) is 0.787. The molecule has 0 bridgehead atoms. The minimum Gasteiger partial charge on any atom is -0.347 e. The molecule has 100 valence electrons. The highest BCUT2D eigenvalue weighted by molar-refractivity contribution is 6.03. The molecule has 1 N–H and O–H groups in total. The van der Waals surface area contributed by atoms with Crippen molar-refractivity contribution in [1.29, 1.82) is 0 Å². The van der Waals surface area contributed by atoms with E-state index in [1.165, 1.54) is 0 Å². The lowest BCUT2D eigenvalue weighted by molar-refractivity contribution is 0.101. The highest BCUT2D eigenvalue weighted by Crippen LogP contribution is 2.11. The number of nitrogens with zero attached hydrogens (tertiary/aromatic N) is 4. The summed E-state index contributed by atoms with van der Waals surface area (Å²) in [6, 6.07) is 9.01. The normalized spacial score (nSPS) is 10.4. The van der Waals surface area contributed by atoms with Gasteiger partial charge in [-0.1, -0.05) is 0 Å². The predicted molar refractivity (Wildman–Crippen MR) is 74.7 cm³/mol. The molecule has 0 unspecified atom stereocenters. The van der Waals surface area contributed by atoms with Crippen molar-refractivity contribution in [3.8, 4) is 5.82 Å². The number of aromatic nitrogens is 4. The molecule has 6 nitrogen and oxygen atoms in total. The van der Waals surface area contributed by atoms with Crippen molar-refractivity contribution in [3.05, 3.63) is 60.8 Å². The van der Waals surface area contributed by atoms with Crippen LogP contribution in [0.2, 0.25) is 0 Å². The summed E-state index contributed by atoms with van der Waals surface area (Å²) in [6.07, 6.45) is 6.93. The molecule has 0 saturated heterocycles. The van der Waals surface area contributed by atoms with Crippen LogP contribution in [0.25, 0.3) is 5.82 Å². The summed E-state index contributed by atoms with van der Waals surface area (Å²) in [4.78, 5) is 16.3. The molecular formula is C14H13N5O. The molecule has 0 aliphatic carbocycles. The maximum absolute atomic E-state index is 12.0. The second-order valence-corrected chi connectivity index (χ2v) is 4.31. The fourth-order valence-corrected chi connectivity index (χ4v) is 1.89. The van der Waals surface area contributed by atoms with Crippen LogP contribution in [-0.4, -0.2) is 25.2 Å². The van der Waals surface area contributed by atoms with Crippen LogP contribution in [0.1, 0.15) is 10.5 Å². The maximum atomic E-state index is 12.0.